The number of amides is 2. The van der Waals surface area contributed by atoms with Gasteiger partial charge in [0.1, 0.15) is 0 Å². The minimum atomic E-state index is -0.0632. The molecule has 1 N–H and O–H groups in total. The molecule has 1 heterocycles. The number of ketones is 1. The van der Waals surface area contributed by atoms with Gasteiger partial charge >= 0.3 is 6.03 Å². The van der Waals surface area contributed by atoms with E-state index < -0.39 is 0 Å². The third kappa shape index (κ3) is 3.13. The third-order valence-electron chi connectivity index (χ3n) is 3.82. The number of carbonyl (C=O) groups excluding carboxylic acids is 2. The lowest BCUT2D eigenvalue weighted by Crippen LogP contribution is -2.33. The van der Waals surface area contributed by atoms with Crippen molar-refractivity contribution in [3.05, 3.63) is 29.8 Å². The summed E-state index contributed by atoms with van der Waals surface area (Å²) in [6, 6.07) is 6.92. The number of anilines is 1. The molecule has 1 aromatic rings. The first-order chi connectivity index (χ1) is 8.97. The van der Waals surface area contributed by atoms with Crippen molar-refractivity contribution < 1.29 is 9.59 Å². The molecule has 1 saturated heterocycles. The topological polar surface area (TPSA) is 49.4 Å². The van der Waals surface area contributed by atoms with Crippen LogP contribution in [0.4, 0.5) is 10.5 Å². The van der Waals surface area contributed by atoms with E-state index in [-0.39, 0.29) is 11.8 Å². The summed E-state index contributed by atoms with van der Waals surface area (Å²) in [6.07, 6.45) is 0. The van der Waals surface area contributed by atoms with Gasteiger partial charge in [0.2, 0.25) is 0 Å². The molecule has 1 aliphatic rings. The number of rotatable bonds is 2. The highest BCUT2D eigenvalue weighted by Gasteiger charge is 2.29. The van der Waals surface area contributed by atoms with Gasteiger partial charge in [0.25, 0.3) is 0 Å². The first-order valence-electron chi connectivity index (χ1n) is 6.64. The lowest BCUT2D eigenvalue weighted by Gasteiger charge is -2.17. The summed E-state index contributed by atoms with van der Waals surface area (Å²) >= 11 is 0. The van der Waals surface area contributed by atoms with Crippen LogP contribution in [0.5, 0.6) is 0 Å². The SMILES string of the molecule is CC(=O)c1ccc(NC(=O)N2CC(C)C(C)C2)cc1. The smallest absolute Gasteiger partial charge is 0.321 e. The second-order valence-corrected chi connectivity index (χ2v) is 5.42. The molecule has 4 heteroatoms. The number of urea groups is 1. The molecule has 0 spiro atoms. The molecule has 0 bridgehead atoms. The molecular weight excluding hydrogens is 240 g/mol. The molecule has 2 atom stereocenters. The molecule has 2 amide bonds. The first kappa shape index (κ1) is 13.6. The van der Waals surface area contributed by atoms with Gasteiger partial charge in [-0.05, 0) is 43.0 Å². The molecule has 19 heavy (non-hydrogen) atoms. The molecule has 0 saturated carbocycles. The van der Waals surface area contributed by atoms with Crippen LogP contribution in [0.15, 0.2) is 24.3 Å². The van der Waals surface area contributed by atoms with E-state index in [0.717, 1.165) is 18.8 Å². The van der Waals surface area contributed by atoms with Crippen molar-refractivity contribution in [2.24, 2.45) is 11.8 Å². The van der Waals surface area contributed by atoms with Crippen LogP contribution in [0, 0.1) is 11.8 Å². The van der Waals surface area contributed by atoms with E-state index in [0.29, 0.717) is 17.4 Å². The van der Waals surface area contributed by atoms with E-state index in [1.165, 1.54) is 6.92 Å². The number of carbonyl (C=O) groups is 2. The summed E-state index contributed by atoms with van der Waals surface area (Å²) in [5, 5.41) is 2.87. The third-order valence-corrected chi connectivity index (χ3v) is 3.82. The number of Topliss-reactive ketones (excluding diaryl/α,β-unsaturated/α-hetero) is 1. The molecule has 0 aromatic heterocycles. The van der Waals surface area contributed by atoms with E-state index in [9.17, 15) is 9.59 Å². The van der Waals surface area contributed by atoms with Crippen LogP contribution in [0.3, 0.4) is 0 Å². The van der Waals surface area contributed by atoms with Crippen LogP contribution in [0.25, 0.3) is 0 Å². The Morgan fingerprint density at radius 2 is 1.63 bits per heavy atom. The second kappa shape index (κ2) is 5.43. The Morgan fingerprint density at radius 3 is 2.11 bits per heavy atom. The Kier molecular flexibility index (Phi) is 3.88. The molecule has 0 aliphatic carbocycles. The van der Waals surface area contributed by atoms with Crippen LogP contribution in [0.1, 0.15) is 31.1 Å². The highest BCUT2D eigenvalue weighted by Crippen LogP contribution is 2.22. The molecule has 4 nitrogen and oxygen atoms in total. The Labute approximate surface area is 113 Å². The van der Waals surface area contributed by atoms with Crippen molar-refractivity contribution in [1.82, 2.24) is 4.90 Å². The largest absolute Gasteiger partial charge is 0.324 e. The summed E-state index contributed by atoms with van der Waals surface area (Å²) in [4.78, 5) is 25.1. The van der Waals surface area contributed by atoms with E-state index >= 15 is 0 Å². The fourth-order valence-electron chi connectivity index (χ4n) is 2.29. The normalized spacial score (nSPS) is 22.4. The molecule has 0 radical (unpaired) electrons. The van der Waals surface area contributed by atoms with E-state index in [2.05, 4.69) is 19.2 Å². The van der Waals surface area contributed by atoms with Crippen LogP contribution < -0.4 is 5.32 Å². The predicted octanol–water partition coefficient (Wildman–Crippen LogP) is 3.01. The van der Waals surface area contributed by atoms with E-state index in [1.54, 1.807) is 24.3 Å². The fourth-order valence-corrected chi connectivity index (χ4v) is 2.29. The van der Waals surface area contributed by atoms with E-state index in [1.807, 2.05) is 4.90 Å². The lowest BCUT2D eigenvalue weighted by atomic mass is 10.0. The van der Waals surface area contributed by atoms with Crippen LogP contribution in [-0.4, -0.2) is 29.8 Å². The fraction of sp³-hybridized carbons (Fsp3) is 0.467. The first-order valence-corrected chi connectivity index (χ1v) is 6.64. The highest BCUT2D eigenvalue weighted by atomic mass is 16.2. The van der Waals surface area contributed by atoms with Crippen molar-refractivity contribution >= 4 is 17.5 Å². The zero-order valence-electron chi connectivity index (χ0n) is 11.6. The molecular formula is C15H20N2O2. The highest BCUT2D eigenvalue weighted by molar-refractivity contribution is 5.95. The van der Waals surface area contributed by atoms with E-state index in [4.69, 9.17) is 0 Å². The Bertz CT molecular complexity index is 471. The molecule has 1 aromatic carbocycles. The maximum atomic E-state index is 12.1. The standard InChI is InChI=1S/C15H20N2O2/c1-10-8-17(9-11(10)2)15(19)16-14-6-4-13(5-7-14)12(3)18/h4-7,10-11H,8-9H2,1-3H3,(H,16,19). The van der Waals surface area contributed by atoms with Gasteiger partial charge < -0.3 is 10.2 Å². The Morgan fingerprint density at radius 1 is 1.11 bits per heavy atom. The van der Waals surface area contributed by atoms with Gasteiger partial charge in [-0.1, -0.05) is 13.8 Å². The van der Waals surface area contributed by atoms with Gasteiger partial charge in [0.15, 0.2) is 5.78 Å². The summed E-state index contributed by atoms with van der Waals surface area (Å²) in [5.41, 5.74) is 1.38. The predicted molar refractivity (Wildman–Crippen MR) is 75.4 cm³/mol. The minimum Gasteiger partial charge on any atom is -0.324 e. The Balaban J connectivity index is 1.97. The summed E-state index contributed by atoms with van der Waals surface area (Å²) < 4.78 is 0. The zero-order valence-corrected chi connectivity index (χ0v) is 11.6. The number of likely N-dealkylation sites (tertiary alicyclic amines) is 1. The number of hydrogen-bond donors (Lipinski definition) is 1. The molecule has 1 fully saturated rings. The molecule has 1 aliphatic heterocycles. The zero-order chi connectivity index (χ0) is 14.0. The van der Waals surface area contributed by atoms with Gasteiger partial charge in [0.05, 0.1) is 0 Å². The minimum absolute atomic E-state index is 0.0278. The van der Waals surface area contributed by atoms with Crippen LogP contribution in [0.2, 0.25) is 0 Å². The van der Waals surface area contributed by atoms with Gasteiger partial charge in [-0.25, -0.2) is 4.79 Å². The number of nitrogens with zero attached hydrogens (tertiary/aromatic N) is 1. The molecule has 102 valence electrons. The van der Waals surface area contributed by atoms with Crippen molar-refractivity contribution in [2.45, 2.75) is 20.8 Å². The monoisotopic (exact) mass is 260 g/mol. The average Bonchev–Trinajstić information content (AvgIpc) is 2.70. The maximum absolute atomic E-state index is 12.1. The molecule has 2 rings (SSSR count). The van der Waals surface area contributed by atoms with Gasteiger partial charge in [0, 0.05) is 24.3 Å². The van der Waals surface area contributed by atoms with Gasteiger partial charge in [-0.15, -0.1) is 0 Å². The Hall–Kier alpha value is -1.84. The second-order valence-electron chi connectivity index (χ2n) is 5.42. The van der Waals surface area contributed by atoms with Gasteiger partial charge in [-0.3, -0.25) is 4.79 Å². The average molecular weight is 260 g/mol. The van der Waals surface area contributed by atoms with Crippen LogP contribution in [-0.2, 0) is 0 Å². The van der Waals surface area contributed by atoms with Crippen LogP contribution >= 0.6 is 0 Å². The quantitative estimate of drug-likeness (QED) is 0.831. The van der Waals surface area contributed by atoms with Gasteiger partial charge in [-0.2, -0.15) is 0 Å². The summed E-state index contributed by atoms with van der Waals surface area (Å²) in [6.45, 7) is 7.47. The summed E-state index contributed by atoms with van der Waals surface area (Å²) in [5.74, 6) is 1.12. The number of benzene rings is 1. The summed E-state index contributed by atoms with van der Waals surface area (Å²) in [7, 11) is 0. The number of hydrogen-bond acceptors (Lipinski definition) is 2. The van der Waals surface area contributed by atoms with Crippen molar-refractivity contribution in [3.63, 3.8) is 0 Å². The molecule has 2 unspecified atom stereocenters. The van der Waals surface area contributed by atoms with Crippen molar-refractivity contribution in [3.8, 4) is 0 Å². The maximum Gasteiger partial charge on any atom is 0.321 e. The van der Waals surface area contributed by atoms with Crippen molar-refractivity contribution in [2.75, 3.05) is 18.4 Å². The lowest BCUT2D eigenvalue weighted by molar-refractivity contribution is 0.101. The van der Waals surface area contributed by atoms with Crippen molar-refractivity contribution in [1.29, 1.82) is 0 Å². The number of nitrogens with one attached hydrogen (secondary N) is 1.